The molecule has 0 N–H and O–H groups in total. The van der Waals surface area contributed by atoms with E-state index in [0.717, 1.165) is 12.2 Å². The second-order valence-corrected chi connectivity index (χ2v) is 7.37. The minimum Gasteiger partial charge on any atom is -0.486 e. The maximum atomic E-state index is 6.38. The zero-order chi connectivity index (χ0) is 18.8. The molecule has 27 heavy (non-hydrogen) atoms. The Balaban J connectivity index is 1.74. The van der Waals surface area contributed by atoms with Crippen molar-refractivity contribution in [3.63, 3.8) is 0 Å². The van der Waals surface area contributed by atoms with Crippen LogP contribution in [0.5, 0.6) is 5.75 Å². The van der Waals surface area contributed by atoms with Gasteiger partial charge in [0.25, 0.3) is 0 Å². The molecule has 136 valence electrons. The molecular weight excluding hydrogens is 328 g/mol. The van der Waals surface area contributed by atoms with Crippen molar-refractivity contribution in [2.24, 2.45) is 0 Å². The van der Waals surface area contributed by atoms with Gasteiger partial charge in [-0.2, -0.15) is 0 Å². The summed E-state index contributed by atoms with van der Waals surface area (Å²) in [4.78, 5) is 0. The molecule has 4 rings (SSSR count). The Labute approximate surface area is 161 Å². The molecule has 0 saturated carbocycles. The van der Waals surface area contributed by atoms with Crippen molar-refractivity contribution < 1.29 is 4.74 Å². The molecular formula is C26H26O. The molecule has 0 bridgehead atoms. The van der Waals surface area contributed by atoms with E-state index in [-0.39, 0.29) is 6.10 Å². The van der Waals surface area contributed by atoms with Crippen molar-refractivity contribution in [1.29, 1.82) is 0 Å². The minimum atomic E-state index is -0.0320. The second kappa shape index (κ2) is 7.44. The molecule has 0 aliphatic rings. The first kappa shape index (κ1) is 17.6. The van der Waals surface area contributed by atoms with Gasteiger partial charge in [-0.3, -0.25) is 0 Å². The van der Waals surface area contributed by atoms with Crippen LogP contribution >= 0.6 is 0 Å². The van der Waals surface area contributed by atoms with Crippen LogP contribution in [0.15, 0.2) is 78.9 Å². The highest BCUT2D eigenvalue weighted by atomic mass is 16.5. The van der Waals surface area contributed by atoms with Crippen molar-refractivity contribution in [2.75, 3.05) is 0 Å². The van der Waals surface area contributed by atoms with Gasteiger partial charge < -0.3 is 4.74 Å². The monoisotopic (exact) mass is 354 g/mol. The predicted molar refractivity (Wildman–Crippen MR) is 116 cm³/mol. The van der Waals surface area contributed by atoms with E-state index in [1.165, 1.54) is 32.7 Å². The summed E-state index contributed by atoms with van der Waals surface area (Å²) < 4.78 is 6.38. The number of hydrogen-bond donors (Lipinski definition) is 0. The van der Waals surface area contributed by atoms with E-state index in [0.29, 0.717) is 5.92 Å². The molecule has 0 saturated heterocycles. The minimum absolute atomic E-state index is 0.0320. The van der Waals surface area contributed by atoms with Gasteiger partial charge in [-0.15, -0.1) is 0 Å². The Bertz CT molecular complexity index is 1010. The Morgan fingerprint density at radius 2 is 1.30 bits per heavy atom. The zero-order valence-electron chi connectivity index (χ0n) is 16.3. The first-order valence-corrected chi connectivity index (χ1v) is 9.84. The van der Waals surface area contributed by atoms with Crippen molar-refractivity contribution in [3.05, 3.63) is 90.0 Å². The first-order valence-electron chi connectivity index (χ1n) is 9.84. The predicted octanol–water partition coefficient (Wildman–Crippen LogP) is 7.65. The largest absolute Gasteiger partial charge is 0.486 e. The molecule has 2 atom stereocenters. The smallest absolute Gasteiger partial charge is 0.122 e. The standard InChI is InChI=1S/C26H26O/c1-4-18(2)20-13-15-23(16-14-20)27-19(3)26-24-11-7-5-9-21(24)17-22-10-6-8-12-25(22)26/h5-19H,4H2,1-3H3. The number of hydrogen-bond acceptors (Lipinski definition) is 1. The number of fused-ring (bicyclic) bond motifs is 2. The van der Waals surface area contributed by atoms with E-state index in [4.69, 9.17) is 4.74 Å². The lowest BCUT2D eigenvalue weighted by molar-refractivity contribution is 0.230. The summed E-state index contributed by atoms with van der Waals surface area (Å²) in [5.41, 5.74) is 2.63. The summed E-state index contributed by atoms with van der Waals surface area (Å²) in [6.45, 7) is 6.64. The summed E-state index contributed by atoms with van der Waals surface area (Å²) in [5, 5.41) is 5.04. The Kier molecular flexibility index (Phi) is 4.85. The fraction of sp³-hybridized carbons (Fsp3) is 0.231. The van der Waals surface area contributed by atoms with Crippen LogP contribution < -0.4 is 4.74 Å². The highest BCUT2D eigenvalue weighted by Crippen LogP contribution is 2.35. The number of benzene rings is 4. The molecule has 0 radical (unpaired) electrons. The molecule has 0 amide bonds. The SMILES string of the molecule is CCC(C)c1ccc(OC(C)c2c3ccccc3cc3ccccc23)cc1. The van der Waals surface area contributed by atoms with E-state index in [1.54, 1.807) is 0 Å². The maximum absolute atomic E-state index is 6.38. The topological polar surface area (TPSA) is 9.23 Å². The summed E-state index contributed by atoms with van der Waals surface area (Å²) >= 11 is 0. The van der Waals surface area contributed by atoms with Crippen LogP contribution in [-0.4, -0.2) is 0 Å². The Morgan fingerprint density at radius 1 is 0.741 bits per heavy atom. The molecule has 4 aromatic carbocycles. The molecule has 0 heterocycles. The number of rotatable bonds is 5. The van der Waals surface area contributed by atoms with Gasteiger partial charge in [-0.05, 0) is 64.6 Å². The molecule has 1 heteroatoms. The molecule has 0 aliphatic carbocycles. The van der Waals surface area contributed by atoms with E-state index in [2.05, 4.69) is 99.6 Å². The summed E-state index contributed by atoms with van der Waals surface area (Å²) in [5.74, 6) is 1.50. The van der Waals surface area contributed by atoms with Crippen LogP contribution in [0.1, 0.15) is 50.3 Å². The fourth-order valence-corrected chi connectivity index (χ4v) is 3.86. The third-order valence-electron chi connectivity index (χ3n) is 5.59. The Hall–Kier alpha value is -2.80. The van der Waals surface area contributed by atoms with Gasteiger partial charge in [-0.25, -0.2) is 0 Å². The van der Waals surface area contributed by atoms with Crippen LogP contribution in [0, 0.1) is 0 Å². The quantitative estimate of drug-likeness (QED) is 0.334. The summed E-state index contributed by atoms with van der Waals surface area (Å²) in [6.07, 6.45) is 1.12. The number of ether oxygens (including phenoxy) is 1. The van der Waals surface area contributed by atoms with Gasteiger partial charge in [0, 0.05) is 5.56 Å². The fourth-order valence-electron chi connectivity index (χ4n) is 3.86. The van der Waals surface area contributed by atoms with Crippen LogP contribution in [0.4, 0.5) is 0 Å². The average Bonchev–Trinajstić information content (AvgIpc) is 2.71. The molecule has 1 nitrogen and oxygen atoms in total. The van der Waals surface area contributed by atoms with Crippen molar-refractivity contribution >= 4 is 21.5 Å². The van der Waals surface area contributed by atoms with Gasteiger partial charge in [0.15, 0.2) is 0 Å². The maximum Gasteiger partial charge on any atom is 0.122 e. The van der Waals surface area contributed by atoms with E-state index < -0.39 is 0 Å². The average molecular weight is 354 g/mol. The summed E-state index contributed by atoms with van der Waals surface area (Å²) in [6, 6.07) is 28.0. The first-order chi connectivity index (χ1) is 13.2. The third-order valence-corrected chi connectivity index (χ3v) is 5.59. The highest BCUT2D eigenvalue weighted by molar-refractivity contribution is 6.02. The van der Waals surface area contributed by atoms with Crippen molar-refractivity contribution in [3.8, 4) is 5.75 Å². The van der Waals surface area contributed by atoms with Crippen LogP contribution in [-0.2, 0) is 0 Å². The van der Waals surface area contributed by atoms with E-state index >= 15 is 0 Å². The van der Waals surface area contributed by atoms with Crippen molar-refractivity contribution in [1.82, 2.24) is 0 Å². The lowest BCUT2D eigenvalue weighted by Gasteiger charge is -2.20. The molecule has 0 aromatic heterocycles. The van der Waals surface area contributed by atoms with Crippen LogP contribution in [0.2, 0.25) is 0 Å². The van der Waals surface area contributed by atoms with Gasteiger partial charge in [0.1, 0.15) is 11.9 Å². The molecule has 2 unspecified atom stereocenters. The van der Waals surface area contributed by atoms with Crippen molar-refractivity contribution in [2.45, 2.75) is 39.2 Å². The van der Waals surface area contributed by atoms with E-state index in [1.807, 2.05) is 0 Å². The molecule has 4 aromatic rings. The zero-order valence-corrected chi connectivity index (χ0v) is 16.3. The third kappa shape index (κ3) is 3.42. The van der Waals surface area contributed by atoms with Crippen LogP contribution in [0.25, 0.3) is 21.5 Å². The normalized spacial score (nSPS) is 13.6. The van der Waals surface area contributed by atoms with Gasteiger partial charge in [0.05, 0.1) is 0 Å². The second-order valence-electron chi connectivity index (χ2n) is 7.37. The van der Waals surface area contributed by atoms with Gasteiger partial charge in [0.2, 0.25) is 0 Å². The molecule has 0 spiro atoms. The van der Waals surface area contributed by atoms with Crippen LogP contribution in [0.3, 0.4) is 0 Å². The van der Waals surface area contributed by atoms with Gasteiger partial charge >= 0.3 is 0 Å². The highest BCUT2D eigenvalue weighted by Gasteiger charge is 2.15. The summed E-state index contributed by atoms with van der Waals surface area (Å²) in [7, 11) is 0. The van der Waals surface area contributed by atoms with E-state index in [9.17, 15) is 0 Å². The Morgan fingerprint density at radius 3 is 1.85 bits per heavy atom. The lowest BCUT2D eigenvalue weighted by Crippen LogP contribution is -2.05. The molecule has 0 aliphatic heterocycles. The van der Waals surface area contributed by atoms with Gasteiger partial charge in [-0.1, -0.05) is 74.5 Å². The lowest BCUT2D eigenvalue weighted by atomic mass is 9.94. The molecule has 0 fully saturated rings.